The van der Waals surface area contributed by atoms with Gasteiger partial charge in [-0.1, -0.05) is 0 Å². The van der Waals surface area contributed by atoms with Gasteiger partial charge in [-0.05, 0) is 0 Å². The second-order valence-corrected chi connectivity index (χ2v) is 3.94. The van der Waals surface area contributed by atoms with Gasteiger partial charge in [0.25, 0.3) is 0 Å². The van der Waals surface area contributed by atoms with E-state index in [1.807, 2.05) is 0 Å². The number of unbranched alkanes of at least 4 members (excludes halogenated alkanes) is 4. The summed E-state index contributed by atoms with van der Waals surface area (Å²) in [5, 5.41) is 2.43. The Morgan fingerprint density at radius 3 is 2.40 bits per heavy atom. The van der Waals surface area contributed by atoms with Crippen LogP contribution in [0.25, 0.3) is 0 Å². The van der Waals surface area contributed by atoms with Crippen LogP contribution >= 0.6 is 0 Å². The molecule has 0 aromatic rings. The molecule has 0 heterocycles. The Morgan fingerprint density at radius 2 is 1.90 bits per heavy atom. The molecule has 0 aromatic carbocycles. The van der Waals surface area contributed by atoms with Crippen molar-refractivity contribution in [2.75, 3.05) is 0 Å². The number of hydrogen-bond donors (Lipinski definition) is 0. The van der Waals surface area contributed by atoms with E-state index in [1.54, 1.807) is 0 Å². The largest absolute Gasteiger partial charge is 1.00 e. The van der Waals surface area contributed by atoms with Gasteiger partial charge >= 0.3 is 84.0 Å². The molecule has 10 heavy (non-hydrogen) atoms. The van der Waals surface area contributed by atoms with Gasteiger partial charge in [0, 0.05) is 0 Å². The van der Waals surface area contributed by atoms with E-state index in [4.69, 9.17) is 0 Å². The molecular weight excluding hydrogens is 182 g/mol. The molecule has 0 unspecified atom stereocenters. The molecule has 0 aliphatic rings. The van der Waals surface area contributed by atoms with Crippen LogP contribution in [-0.2, 0) is 0 Å². The van der Waals surface area contributed by atoms with Gasteiger partial charge in [-0.15, -0.1) is 0 Å². The van der Waals surface area contributed by atoms with Crippen molar-refractivity contribution in [1.82, 2.24) is 0 Å². The Bertz CT molecular complexity index is 42.5. The van der Waals surface area contributed by atoms with Crippen molar-refractivity contribution in [3.63, 3.8) is 0 Å². The van der Waals surface area contributed by atoms with Crippen LogP contribution in [0.5, 0.6) is 0 Å². The summed E-state index contributed by atoms with van der Waals surface area (Å²) in [7, 11) is 0. The first-order valence-corrected chi connectivity index (χ1v) is 6.46. The first-order chi connectivity index (χ1) is 4.41. The van der Waals surface area contributed by atoms with Gasteiger partial charge in [0.2, 0.25) is 0 Å². The Hall–Kier alpha value is 1.12. The van der Waals surface area contributed by atoms with Crippen LogP contribution in [0.1, 0.15) is 39.0 Å². The maximum atomic E-state index is 2.43. The fourth-order valence-corrected chi connectivity index (χ4v) is 1.62. The molecule has 56 valence electrons. The van der Waals surface area contributed by atoms with E-state index in [2.05, 4.69) is 18.1 Å². The average Bonchev–Trinajstić information content (AvgIpc) is 1.89. The first-order valence-electron chi connectivity index (χ1n) is 3.76. The van der Waals surface area contributed by atoms with Crippen molar-refractivity contribution >= 4 is 15.0 Å². The summed E-state index contributed by atoms with van der Waals surface area (Å²) in [6, 6.07) is 0. The Balaban J connectivity index is 0. The van der Waals surface area contributed by atoms with Crippen molar-refractivity contribution < 1.29 is 18.9 Å². The Kier molecular flexibility index (Phi) is 17.5. The van der Waals surface area contributed by atoms with Gasteiger partial charge in [-0.2, -0.15) is 0 Å². The average molecular weight is 199 g/mol. The fraction of sp³-hybridized carbons (Fsp3) is 0.875. The first kappa shape index (κ1) is 13.7. The minimum Gasteiger partial charge on any atom is 1.00 e. The van der Waals surface area contributed by atoms with Gasteiger partial charge in [-0.25, -0.2) is 0 Å². The summed E-state index contributed by atoms with van der Waals surface area (Å²) in [4.78, 5) is 0. The summed E-state index contributed by atoms with van der Waals surface area (Å²) < 4.78 is 0. The van der Waals surface area contributed by atoms with Crippen LogP contribution in [0, 0.1) is 5.32 Å². The van der Waals surface area contributed by atoms with Gasteiger partial charge < -0.3 is 0 Å². The molecule has 0 aliphatic carbocycles. The molecule has 0 saturated carbocycles. The molecule has 0 spiro atoms. The van der Waals surface area contributed by atoms with Crippen LogP contribution in [-0.4, -0.2) is 15.0 Å². The van der Waals surface area contributed by atoms with E-state index in [1.165, 1.54) is 32.1 Å². The quantitative estimate of drug-likeness (QED) is 0.318. The molecule has 0 nitrogen and oxygen atoms in total. The van der Waals surface area contributed by atoms with Crippen molar-refractivity contribution in [3.8, 4) is 0 Å². The standard InChI is InChI=1S/C8H17Se.Li/c1-3-4-5-6-7-8-9-2;/h8H,3-7H2,1-2H3;/q-1;+1. The van der Waals surface area contributed by atoms with Crippen molar-refractivity contribution in [3.05, 3.63) is 5.32 Å². The van der Waals surface area contributed by atoms with E-state index >= 15 is 0 Å². The molecule has 0 N–H and O–H groups in total. The van der Waals surface area contributed by atoms with E-state index in [0.29, 0.717) is 0 Å². The van der Waals surface area contributed by atoms with Crippen LogP contribution in [0.2, 0.25) is 5.82 Å². The maximum Gasteiger partial charge on any atom is 1.00 e. The Labute approximate surface area is 83.9 Å². The van der Waals surface area contributed by atoms with Crippen molar-refractivity contribution in [2.24, 2.45) is 0 Å². The van der Waals surface area contributed by atoms with Crippen LogP contribution in [0.4, 0.5) is 0 Å². The van der Waals surface area contributed by atoms with Gasteiger partial charge in [0.05, 0.1) is 0 Å². The summed E-state index contributed by atoms with van der Waals surface area (Å²) >= 11 is 0.798. The minimum absolute atomic E-state index is 0. The zero-order valence-electron chi connectivity index (χ0n) is 7.52. The van der Waals surface area contributed by atoms with Crippen LogP contribution < -0.4 is 18.9 Å². The molecular formula is C8H17LiSe. The third kappa shape index (κ3) is 11.9. The molecule has 0 fully saturated rings. The molecule has 0 aliphatic heterocycles. The van der Waals surface area contributed by atoms with Gasteiger partial charge in [-0.3, -0.25) is 0 Å². The second-order valence-electron chi connectivity index (χ2n) is 2.25. The zero-order valence-corrected chi connectivity index (χ0v) is 9.23. The van der Waals surface area contributed by atoms with E-state index in [-0.39, 0.29) is 18.9 Å². The molecule has 0 amide bonds. The third-order valence-electron chi connectivity index (χ3n) is 1.34. The van der Waals surface area contributed by atoms with Gasteiger partial charge in [0.15, 0.2) is 0 Å². The zero-order chi connectivity index (χ0) is 6.95. The second kappa shape index (κ2) is 12.8. The van der Waals surface area contributed by atoms with Crippen LogP contribution in [0.15, 0.2) is 0 Å². The van der Waals surface area contributed by atoms with Gasteiger partial charge in [0.1, 0.15) is 0 Å². The van der Waals surface area contributed by atoms with E-state index in [9.17, 15) is 0 Å². The fourth-order valence-electron chi connectivity index (χ4n) is 0.772. The monoisotopic (exact) mass is 200 g/mol. The summed E-state index contributed by atoms with van der Waals surface area (Å²) in [6.45, 7) is 2.26. The molecule has 0 bridgehead atoms. The molecule has 0 atom stereocenters. The van der Waals surface area contributed by atoms with Crippen molar-refractivity contribution in [2.45, 2.75) is 44.9 Å². The van der Waals surface area contributed by atoms with E-state index in [0.717, 1.165) is 15.0 Å². The third-order valence-corrected chi connectivity index (χ3v) is 2.54. The molecule has 2 heteroatoms. The minimum atomic E-state index is 0. The number of hydrogen-bond acceptors (Lipinski definition) is 0. The Morgan fingerprint density at radius 1 is 1.20 bits per heavy atom. The van der Waals surface area contributed by atoms with Crippen molar-refractivity contribution in [1.29, 1.82) is 0 Å². The molecule has 0 radical (unpaired) electrons. The summed E-state index contributed by atoms with van der Waals surface area (Å²) in [5.41, 5.74) is 0. The SMILES string of the molecule is CCCCCC[CH-][Se]C.[Li+]. The number of rotatable bonds is 6. The summed E-state index contributed by atoms with van der Waals surface area (Å²) in [5.74, 6) is 2.27. The predicted octanol–water partition coefficient (Wildman–Crippen LogP) is -0.125. The van der Waals surface area contributed by atoms with E-state index < -0.39 is 0 Å². The molecule has 0 aromatic heterocycles. The topological polar surface area (TPSA) is 0 Å². The predicted molar refractivity (Wildman–Crippen MR) is 44.7 cm³/mol. The normalized spacial score (nSPS) is 9.00. The van der Waals surface area contributed by atoms with Crippen LogP contribution in [0.3, 0.4) is 0 Å². The smallest absolute Gasteiger partial charge is 1.00 e. The molecule has 0 saturated heterocycles. The molecule has 0 rings (SSSR count). The summed E-state index contributed by atoms with van der Waals surface area (Å²) in [6.07, 6.45) is 6.99. The maximum absolute atomic E-state index is 2.43.